The molecule has 0 amide bonds. The highest BCUT2D eigenvalue weighted by molar-refractivity contribution is 9.10. The SMILES string of the molecule is CC(=O)c1c(N)ccc(Br)c1C. The van der Waals surface area contributed by atoms with Gasteiger partial charge in [0.15, 0.2) is 5.78 Å². The molecule has 2 nitrogen and oxygen atoms in total. The lowest BCUT2D eigenvalue weighted by Gasteiger charge is -2.07. The number of anilines is 1. The Hall–Kier alpha value is -0.830. The van der Waals surface area contributed by atoms with Crippen LogP contribution < -0.4 is 5.73 Å². The second kappa shape index (κ2) is 3.27. The predicted octanol–water partition coefficient (Wildman–Crippen LogP) is 2.54. The van der Waals surface area contributed by atoms with E-state index in [1.54, 1.807) is 6.07 Å². The average molecular weight is 228 g/mol. The maximum Gasteiger partial charge on any atom is 0.162 e. The van der Waals surface area contributed by atoms with Gasteiger partial charge in [-0.15, -0.1) is 0 Å². The number of halogens is 1. The summed E-state index contributed by atoms with van der Waals surface area (Å²) in [5, 5.41) is 0. The van der Waals surface area contributed by atoms with Crippen LogP contribution in [0.25, 0.3) is 0 Å². The minimum Gasteiger partial charge on any atom is -0.398 e. The molecule has 1 rings (SSSR count). The van der Waals surface area contributed by atoms with E-state index in [-0.39, 0.29) is 5.78 Å². The highest BCUT2D eigenvalue weighted by Crippen LogP contribution is 2.24. The Bertz CT molecular complexity index is 334. The van der Waals surface area contributed by atoms with Gasteiger partial charge in [0.2, 0.25) is 0 Å². The van der Waals surface area contributed by atoms with Gasteiger partial charge < -0.3 is 5.73 Å². The first-order chi connectivity index (χ1) is 5.54. The number of carbonyl (C=O) groups is 1. The van der Waals surface area contributed by atoms with E-state index in [0.29, 0.717) is 11.3 Å². The molecule has 0 aliphatic carbocycles. The molecule has 0 fully saturated rings. The zero-order valence-corrected chi connectivity index (χ0v) is 8.60. The maximum absolute atomic E-state index is 11.1. The first kappa shape index (κ1) is 9.26. The minimum atomic E-state index is 0.00583. The van der Waals surface area contributed by atoms with Gasteiger partial charge >= 0.3 is 0 Å². The second-order valence-electron chi connectivity index (χ2n) is 2.69. The largest absolute Gasteiger partial charge is 0.398 e. The summed E-state index contributed by atoms with van der Waals surface area (Å²) in [5.41, 5.74) is 7.71. The van der Waals surface area contributed by atoms with E-state index in [0.717, 1.165) is 10.0 Å². The number of carbonyl (C=O) groups excluding carboxylic acids is 1. The van der Waals surface area contributed by atoms with Crippen LogP contribution in [0.1, 0.15) is 22.8 Å². The minimum absolute atomic E-state index is 0.00583. The third kappa shape index (κ3) is 1.50. The van der Waals surface area contributed by atoms with Crippen LogP contribution in [0.15, 0.2) is 16.6 Å². The number of benzene rings is 1. The summed E-state index contributed by atoms with van der Waals surface area (Å²) < 4.78 is 0.918. The van der Waals surface area contributed by atoms with Gasteiger partial charge in [-0.3, -0.25) is 4.79 Å². The molecule has 0 atom stereocenters. The summed E-state index contributed by atoms with van der Waals surface area (Å²) in [6, 6.07) is 3.57. The van der Waals surface area contributed by atoms with Gasteiger partial charge in [0.1, 0.15) is 0 Å². The standard InChI is InChI=1S/C9H10BrNO/c1-5-7(10)3-4-8(11)9(5)6(2)12/h3-4H,11H2,1-2H3. The molecule has 0 saturated carbocycles. The Kier molecular flexibility index (Phi) is 2.52. The summed E-state index contributed by atoms with van der Waals surface area (Å²) in [6.45, 7) is 3.39. The van der Waals surface area contributed by atoms with Crippen molar-refractivity contribution in [1.29, 1.82) is 0 Å². The molecule has 0 bridgehead atoms. The van der Waals surface area contributed by atoms with E-state index in [1.165, 1.54) is 6.92 Å². The molecule has 0 saturated heterocycles. The number of hydrogen-bond donors (Lipinski definition) is 1. The van der Waals surface area contributed by atoms with Crippen molar-refractivity contribution in [3.05, 3.63) is 27.7 Å². The van der Waals surface area contributed by atoms with Gasteiger partial charge in [-0.05, 0) is 31.5 Å². The van der Waals surface area contributed by atoms with E-state index >= 15 is 0 Å². The molecule has 3 heteroatoms. The second-order valence-corrected chi connectivity index (χ2v) is 3.55. The Balaban J connectivity index is 3.43. The molecule has 1 aromatic carbocycles. The van der Waals surface area contributed by atoms with Crippen molar-refractivity contribution in [1.82, 2.24) is 0 Å². The summed E-state index contributed by atoms with van der Waals surface area (Å²) in [6.07, 6.45) is 0. The highest BCUT2D eigenvalue weighted by atomic mass is 79.9. The van der Waals surface area contributed by atoms with Crippen LogP contribution in [-0.2, 0) is 0 Å². The zero-order chi connectivity index (χ0) is 9.30. The molecule has 0 aliphatic heterocycles. The quantitative estimate of drug-likeness (QED) is 0.592. The molecular formula is C9H10BrNO. The van der Waals surface area contributed by atoms with E-state index in [4.69, 9.17) is 5.73 Å². The van der Waals surface area contributed by atoms with Crippen LogP contribution in [0.2, 0.25) is 0 Å². The normalized spacial score (nSPS) is 9.92. The molecule has 0 aromatic heterocycles. The molecule has 2 N–H and O–H groups in total. The zero-order valence-electron chi connectivity index (χ0n) is 7.02. The number of rotatable bonds is 1. The van der Waals surface area contributed by atoms with Crippen LogP contribution in [-0.4, -0.2) is 5.78 Å². The fourth-order valence-corrected chi connectivity index (χ4v) is 1.50. The molecule has 0 heterocycles. The summed E-state index contributed by atoms with van der Waals surface area (Å²) in [5.74, 6) is 0.00583. The number of ketones is 1. The maximum atomic E-state index is 11.1. The fraction of sp³-hybridized carbons (Fsp3) is 0.222. The molecule has 1 aromatic rings. The van der Waals surface area contributed by atoms with E-state index < -0.39 is 0 Å². The summed E-state index contributed by atoms with van der Waals surface area (Å²) in [4.78, 5) is 11.1. The van der Waals surface area contributed by atoms with Crippen LogP contribution in [0.3, 0.4) is 0 Å². The highest BCUT2D eigenvalue weighted by Gasteiger charge is 2.09. The Morgan fingerprint density at radius 1 is 1.50 bits per heavy atom. The van der Waals surface area contributed by atoms with Crippen molar-refractivity contribution >= 4 is 27.4 Å². The average Bonchev–Trinajstić information content (AvgIpc) is 1.97. The lowest BCUT2D eigenvalue weighted by Crippen LogP contribution is -2.02. The van der Waals surface area contributed by atoms with Gasteiger partial charge in [-0.2, -0.15) is 0 Å². The van der Waals surface area contributed by atoms with E-state index in [2.05, 4.69) is 15.9 Å². The Morgan fingerprint density at radius 3 is 2.50 bits per heavy atom. The number of hydrogen-bond acceptors (Lipinski definition) is 2. The topological polar surface area (TPSA) is 43.1 Å². The van der Waals surface area contributed by atoms with E-state index in [1.807, 2.05) is 13.0 Å². The predicted molar refractivity (Wildman–Crippen MR) is 53.3 cm³/mol. The van der Waals surface area contributed by atoms with E-state index in [9.17, 15) is 4.79 Å². The number of nitrogens with two attached hydrogens (primary N) is 1. The monoisotopic (exact) mass is 227 g/mol. The molecule has 12 heavy (non-hydrogen) atoms. The van der Waals surface area contributed by atoms with Crippen LogP contribution in [0, 0.1) is 6.92 Å². The van der Waals surface area contributed by atoms with Crippen molar-refractivity contribution < 1.29 is 4.79 Å². The third-order valence-corrected chi connectivity index (χ3v) is 2.64. The third-order valence-electron chi connectivity index (χ3n) is 1.78. The van der Waals surface area contributed by atoms with Gasteiger partial charge in [-0.1, -0.05) is 15.9 Å². The van der Waals surface area contributed by atoms with Gasteiger partial charge in [0.05, 0.1) is 0 Å². The number of nitrogen functional groups attached to an aromatic ring is 1. The van der Waals surface area contributed by atoms with Crippen molar-refractivity contribution in [2.45, 2.75) is 13.8 Å². The first-order valence-corrected chi connectivity index (χ1v) is 4.39. The van der Waals surface area contributed by atoms with Crippen LogP contribution >= 0.6 is 15.9 Å². The van der Waals surface area contributed by atoms with Crippen LogP contribution in [0.4, 0.5) is 5.69 Å². The van der Waals surface area contributed by atoms with Crippen molar-refractivity contribution in [3.8, 4) is 0 Å². The summed E-state index contributed by atoms with van der Waals surface area (Å²) in [7, 11) is 0. The van der Waals surface area contributed by atoms with Crippen molar-refractivity contribution in [2.75, 3.05) is 5.73 Å². The summed E-state index contributed by atoms with van der Waals surface area (Å²) >= 11 is 3.34. The van der Waals surface area contributed by atoms with Crippen LogP contribution in [0.5, 0.6) is 0 Å². The van der Waals surface area contributed by atoms with Crippen molar-refractivity contribution in [2.24, 2.45) is 0 Å². The molecule has 64 valence electrons. The number of Topliss-reactive ketones (excluding diaryl/α,β-unsaturated/α-hetero) is 1. The van der Waals surface area contributed by atoms with Gasteiger partial charge in [0.25, 0.3) is 0 Å². The smallest absolute Gasteiger partial charge is 0.162 e. The van der Waals surface area contributed by atoms with Gasteiger partial charge in [0, 0.05) is 15.7 Å². The molecule has 0 radical (unpaired) electrons. The van der Waals surface area contributed by atoms with Gasteiger partial charge in [-0.25, -0.2) is 0 Å². The molecular weight excluding hydrogens is 218 g/mol. The van der Waals surface area contributed by atoms with Crippen molar-refractivity contribution in [3.63, 3.8) is 0 Å². The Morgan fingerprint density at radius 2 is 2.08 bits per heavy atom. The lowest BCUT2D eigenvalue weighted by atomic mass is 10.0. The molecule has 0 spiro atoms. The molecule has 0 unspecified atom stereocenters. The first-order valence-electron chi connectivity index (χ1n) is 3.59. The Labute approximate surface area is 79.9 Å². The fourth-order valence-electron chi connectivity index (χ4n) is 1.17. The lowest BCUT2D eigenvalue weighted by molar-refractivity contribution is 0.101. The molecule has 0 aliphatic rings.